The molecule has 1 aromatic heterocycles. The van der Waals surface area contributed by atoms with Crippen LogP contribution in [0.1, 0.15) is 0 Å². The largest absolute Gasteiger partial charge is 0.322 e. The van der Waals surface area contributed by atoms with Crippen molar-refractivity contribution < 1.29 is 4.79 Å². The molecule has 4 nitrogen and oxygen atoms in total. The van der Waals surface area contributed by atoms with Crippen LogP contribution in [0, 0.1) is 0 Å². The van der Waals surface area contributed by atoms with Crippen LogP contribution < -0.4 is 5.32 Å². The van der Waals surface area contributed by atoms with E-state index < -0.39 is 0 Å². The summed E-state index contributed by atoms with van der Waals surface area (Å²) in [6.45, 7) is 0.107. The Morgan fingerprint density at radius 1 is 1.14 bits per heavy atom. The summed E-state index contributed by atoms with van der Waals surface area (Å²) < 4.78 is 1.75. The third-order valence-corrected chi connectivity index (χ3v) is 3.93. The van der Waals surface area contributed by atoms with Crippen LogP contribution in [0.25, 0.3) is 11.0 Å². The second kappa shape index (κ2) is 6.16. The minimum Gasteiger partial charge on any atom is -0.322 e. The maximum absolute atomic E-state index is 12.2. The van der Waals surface area contributed by atoms with Crippen molar-refractivity contribution in [2.45, 2.75) is 6.54 Å². The average molecular weight is 355 g/mol. The minimum atomic E-state index is -0.255. The Morgan fingerprint density at radius 2 is 1.82 bits per heavy atom. The van der Waals surface area contributed by atoms with Gasteiger partial charge in [-0.25, -0.2) is 4.98 Å². The molecule has 112 valence electrons. The van der Waals surface area contributed by atoms with E-state index in [9.17, 15) is 4.79 Å². The summed E-state index contributed by atoms with van der Waals surface area (Å²) in [4.78, 5) is 16.4. The summed E-state index contributed by atoms with van der Waals surface area (Å²) in [6, 6.07) is 10.6. The van der Waals surface area contributed by atoms with Gasteiger partial charge >= 0.3 is 0 Å². The number of nitrogens with zero attached hydrogens (tertiary/aromatic N) is 2. The van der Waals surface area contributed by atoms with Gasteiger partial charge in [-0.1, -0.05) is 46.9 Å². The molecule has 3 aromatic rings. The Kier molecular flexibility index (Phi) is 4.25. The number of hydrogen-bond acceptors (Lipinski definition) is 2. The average Bonchev–Trinajstić information content (AvgIpc) is 2.86. The van der Waals surface area contributed by atoms with E-state index in [2.05, 4.69) is 10.3 Å². The van der Waals surface area contributed by atoms with Crippen molar-refractivity contribution in [3.63, 3.8) is 0 Å². The summed E-state index contributed by atoms with van der Waals surface area (Å²) in [7, 11) is 0. The van der Waals surface area contributed by atoms with Crippen molar-refractivity contribution >= 4 is 57.4 Å². The highest BCUT2D eigenvalue weighted by atomic mass is 35.5. The standard InChI is InChI=1S/C15H10Cl3N3O/c16-9-5-10(17)15(11(18)6-9)20-14(22)7-21-8-19-12-3-1-2-4-13(12)21/h1-6,8H,7H2,(H,20,22). The van der Waals surface area contributed by atoms with Gasteiger partial charge < -0.3 is 9.88 Å². The number of fused-ring (bicyclic) bond motifs is 1. The van der Waals surface area contributed by atoms with E-state index in [-0.39, 0.29) is 12.5 Å². The molecule has 0 saturated carbocycles. The molecule has 0 bridgehead atoms. The second-order valence-electron chi connectivity index (χ2n) is 4.65. The smallest absolute Gasteiger partial charge is 0.244 e. The topological polar surface area (TPSA) is 46.9 Å². The molecule has 2 aromatic carbocycles. The first kappa shape index (κ1) is 15.2. The molecule has 7 heteroatoms. The van der Waals surface area contributed by atoms with Gasteiger partial charge in [0.25, 0.3) is 0 Å². The van der Waals surface area contributed by atoms with Gasteiger partial charge in [-0.15, -0.1) is 0 Å². The number of carbonyl (C=O) groups excluding carboxylic acids is 1. The highest BCUT2D eigenvalue weighted by molar-refractivity contribution is 6.42. The van der Waals surface area contributed by atoms with Crippen LogP contribution in [0.15, 0.2) is 42.7 Å². The Morgan fingerprint density at radius 3 is 2.55 bits per heavy atom. The number of hydrogen-bond donors (Lipinski definition) is 1. The molecule has 0 radical (unpaired) electrons. The third-order valence-electron chi connectivity index (χ3n) is 3.11. The number of para-hydroxylation sites is 2. The fourth-order valence-electron chi connectivity index (χ4n) is 2.13. The maximum atomic E-state index is 12.2. The monoisotopic (exact) mass is 353 g/mol. The number of aromatic nitrogens is 2. The van der Waals surface area contributed by atoms with Crippen molar-refractivity contribution in [2.24, 2.45) is 0 Å². The van der Waals surface area contributed by atoms with Crippen LogP contribution in [0.2, 0.25) is 15.1 Å². The predicted molar refractivity (Wildman–Crippen MR) is 89.8 cm³/mol. The van der Waals surface area contributed by atoms with E-state index in [1.54, 1.807) is 10.9 Å². The quantitative estimate of drug-likeness (QED) is 0.745. The lowest BCUT2D eigenvalue weighted by molar-refractivity contribution is -0.116. The number of imidazole rings is 1. The molecule has 1 N–H and O–H groups in total. The van der Waals surface area contributed by atoms with Crippen molar-refractivity contribution in [3.05, 3.63) is 57.8 Å². The molecule has 3 rings (SSSR count). The number of carbonyl (C=O) groups is 1. The van der Waals surface area contributed by atoms with Crippen LogP contribution >= 0.6 is 34.8 Å². The summed E-state index contributed by atoms with van der Waals surface area (Å²) in [5.74, 6) is -0.255. The Bertz CT molecular complexity index is 837. The number of benzene rings is 2. The molecule has 0 aliphatic rings. The van der Waals surface area contributed by atoms with Crippen LogP contribution in [-0.4, -0.2) is 15.5 Å². The van der Waals surface area contributed by atoms with Gasteiger partial charge in [0.1, 0.15) is 6.54 Å². The number of anilines is 1. The highest BCUT2D eigenvalue weighted by Gasteiger charge is 2.12. The molecule has 0 saturated heterocycles. The lowest BCUT2D eigenvalue weighted by Crippen LogP contribution is -2.18. The van der Waals surface area contributed by atoms with Gasteiger partial charge in [0.2, 0.25) is 5.91 Å². The maximum Gasteiger partial charge on any atom is 0.244 e. The predicted octanol–water partition coefficient (Wildman–Crippen LogP) is 4.64. The van der Waals surface area contributed by atoms with Crippen molar-refractivity contribution in [3.8, 4) is 0 Å². The second-order valence-corrected chi connectivity index (χ2v) is 5.90. The summed E-state index contributed by atoms with van der Waals surface area (Å²) in [5, 5.41) is 3.70. The molecule has 0 atom stereocenters. The van der Waals surface area contributed by atoms with E-state index >= 15 is 0 Å². The molecule has 0 unspecified atom stereocenters. The molecule has 0 aliphatic heterocycles. The van der Waals surface area contributed by atoms with E-state index in [1.165, 1.54) is 12.1 Å². The third kappa shape index (κ3) is 3.04. The molecule has 1 heterocycles. The van der Waals surface area contributed by atoms with Crippen molar-refractivity contribution in [2.75, 3.05) is 5.32 Å². The van der Waals surface area contributed by atoms with E-state index in [0.717, 1.165) is 11.0 Å². The van der Waals surface area contributed by atoms with Crippen molar-refractivity contribution in [1.82, 2.24) is 9.55 Å². The highest BCUT2D eigenvalue weighted by Crippen LogP contribution is 2.33. The summed E-state index contributed by atoms with van der Waals surface area (Å²) in [6.07, 6.45) is 1.62. The molecule has 0 aliphatic carbocycles. The zero-order chi connectivity index (χ0) is 15.7. The molecular weight excluding hydrogens is 345 g/mol. The Balaban J connectivity index is 1.81. The molecular formula is C15H10Cl3N3O. The van der Waals surface area contributed by atoms with Crippen molar-refractivity contribution in [1.29, 1.82) is 0 Å². The number of rotatable bonds is 3. The number of amides is 1. The molecule has 22 heavy (non-hydrogen) atoms. The fourth-order valence-corrected chi connectivity index (χ4v) is 3.04. The molecule has 0 spiro atoms. The fraction of sp³-hybridized carbons (Fsp3) is 0.0667. The normalized spacial score (nSPS) is 10.9. The van der Waals surface area contributed by atoms with E-state index in [4.69, 9.17) is 34.8 Å². The van der Waals surface area contributed by atoms with E-state index in [1.807, 2.05) is 24.3 Å². The van der Waals surface area contributed by atoms with Gasteiger partial charge in [0.15, 0.2) is 0 Å². The number of nitrogens with one attached hydrogen (secondary N) is 1. The van der Waals surface area contributed by atoms with Gasteiger partial charge in [-0.2, -0.15) is 0 Å². The van der Waals surface area contributed by atoms with Gasteiger partial charge in [-0.3, -0.25) is 4.79 Å². The van der Waals surface area contributed by atoms with Crippen LogP contribution in [0.4, 0.5) is 5.69 Å². The van der Waals surface area contributed by atoms with Crippen LogP contribution in [0.3, 0.4) is 0 Å². The number of halogens is 3. The molecule has 0 fully saturated rings. The first-order valence-electron chi connectivity index (χ1n) is 6.39. The van der Waals surface area contributed by atoms with Crippen LogP contribution in [0.5, 0.6) is 0 Å². The zero-order valence-corrected chi connectivity index (χ0v) is 13.5. The van der Waals surface area contributed by atoms with Crippen LogP contribution in [-0.2, 0) is 11.3 Å². The minimum absolute atomic E-state index is 0.107. The van der Waals surface area contributed by atoms with Gasteiger partial charge in [0.05, 0.1) is 33.1 Å². The summed E-state index contributed by atoms with van der Waals surface area (Å²) in [5.41, 5.74) is 2.06. The molecule has 1 amide bonds. The zero-order valence-electron chi connectivity index (χ0n) is 11.2. The van der Waals surface area contributed by atoms with E-state index in [0.29, 0.717) is 20.8 Å². The Hall–Kier alpha value is -1.75. The lowest BCUT2D eigenvalue weighted by Gasteiger charge is -2.10. The lowest BCUT2D eigenvalue weighted by atomic mass is 10.3. The van der Waals surface area contributed by atoms with Gasteiger partial charge in [0, 0.05) is 5.02 Å². The first-order chi connectivity index (χ1) is 10.5. The summed E-state index contributed by atoms with van der Waals surface area (Å²) >= 11 is 18.0. The first-order valence-corrected chi connectivity index (χ1v) is 7.52. The SMILES string of the molecule is O=C(Cn1cnc2ccccc21)Nc1c(Cl)cc(Cl)cc1Cl. The van der Waals surface area contributed by atoms with Gasteiger partial charge in [-0.05, 0) is 24.3 Å². The Labute approximate surface area is 141 Å².